The van der Waals surface area contributed by atoms with Gasteiger partial charge in [-0.3, -0.25) is 5.10 Å². The monoisotopic (exact) mass is 488 g/mol. The first kappa shape index (κ1) is 21.9. The highest BCUT2D eigenvalue weighted by Gasteiger charge is 2.37. The Kier molecular flexibility index (Phi) is 5.89. The van der Waals surface area contributed by atoms with Crippen LogP contribution in [0.25, 0.3) is 11.3 Å². The van der Waals surface area contributed by atoms with Gasteiger partial charge in [-0.15, -0.1) is 5.10 Å². The fourth-order valence-electron chi connectivity index (χ4n) is 4.00. The van der Waals surface area contributed by atoms with Crippen LogP contribution in [0.4, 0.5) is 0 Å². The van der Waals surface area contributed by atoms with Gasteiger partial charge in [0.1, 0.15) is 24.0 Å². The van der Waals surface area contributed by atoms with Crippen LogP contribution < -0.4 is 15.2 Å². The van der Waals surface area contributed by atoms with Crippen molar-refractivity contribution in [2.24, 2.45) is 5.73 Å². The summed E-state index contributed by atoms with van der Waals surface area (Å²) in [5.41, 5.74) is 10.1. The predicted octanol–water partition coefficient (Wildman–Crippen LogP) is 6.18. The summed E-state index contributed by atoms with van der Waals surface area (Å²) in [4.78, 5) is 0. The highest BCUT2D eigenvalue weighted by molar-refractivity contribution is 6.36. The number of halogens is 2. The second-order valence-corrected chi connectivity index (χ2v) is 8.49. The van der Waals surface area contributed by atoms with E-state index in [1.54, 1.807) is 18.2 Å². The molecule has 1 aliphatic rings. The van der Waals surface area contributed by atoms with Crippen LogP contribution in [0.15, 0.2) is 84.3 Å². The SMILES string of the molecule is N#CC1=C(N)Oc2n[nH]c(-c3ccc(OCc4ccccc4)cc3)c2[C@@H]1c1c(Cl)cccc1Cl. The Morgan fingerprint density at radius 3 is 2.35 bits per heavy atom. The number of hydrogen-bond donors (Lipinski definition) is 2. The number of nitrogens with one attached hydrogen (secondary N) is 1. The fraction of sp³-hybridized carbons (Fsp3) is 0.0769. The maximum Gasteiger partial charge on any atom is 0.244 e. The lowest BCUT2D eigenvalue weighted by Gasteiger charge is -2.25. The van der Waals surface area contributed by atoms with E-state index in [-0.39, 0.29) is 17.3 Å². The van der Waals surface area contributed by atoms with E-state index >= 15 is 0 Å². The van der Waals surface area contributed by atoms with Gasteiger partial charge in [-0.25, -0.2) is 0 Å². The number of H-pyrrole nitrogens is 1. The summed E-state index contributed by atoms with van der Waals surface area (Å²) in [6.07, 6.45) is 0. The third kappa shape index (κ3) is 3.96. The van der Waals surface area contributed by atoms with Crippen molar-refractivity contribution in [2.75, 3.05) is 0 Å². The predicted molar refractivity (Wildman–Crippen MR) is 131 cm³/mol. The topological polar surface area (TPSA) is 97.0 Å². The molecule has 6 nitrogen and oxygen atoms in total. The van der Waals surface area contributed by atoms with Gasteiger partial charge in [0.2, 0.25) is 11.8 Å². The van der Waals surface area contributed by atoms with Gasteiger partial charge < -0.3 is 15.2 Å². The smallest absolute Gasteiger partial charge is 0.244 e. The zero-order chi connectivity index (χ0) is 23.7. The van der Waals surface area contributed by atoms with Crippen LogP contribution in [-0.2, 0) is 6.61 Å². The number of allylic oxidation sites excluding steroid dienone is 1. The minimum atomic E-state index is -0.641. The lowest BCUT2D eigenvalue weighted by Crippen LogP contribution is -2.21. The van der Waals surface area contributed by atoms with Gasteiger partial charge in [-0.2, -0.15) is 5.26 Å². The number of rotatable bonds is 5. The molecule has 34 heavy (non-hydrogen) atoms. The minimum Gasteiger partial charge on any atom is -0.489 e. The molecule has 0 aliphatic carbocycles. The molecular weight excluding hydrogens is 471 g/mol. The molecule has 0 saturated carbocycles. The summed E-state index contributed by atoms with van der Waals surface area (Å²) in [5, 5.41) is 18.0. The minimum absolute atomic E-state index is 0.0290. The van der Waals surface area contributed by atoms with Crippen molar-refractivity contribution in [2.45, 2.75) is 12.5 Å². The van der Waals surface area contributed by atoms with Crippen LogP contribution in [-0.4, -0.2) is 10.2 Å². The van der Waals surface area contributed by atoms with Gasteiger partial charge in [0.05, 0.1) is 17.2 Å². The molecule has 1 aliphatic heterocycles. The van der Waals surface area contributed by atoms with E-state index in [1.165, 1.54) is 0 Å². The summed E-state index contributed by atoms with van der Waals surface area (Å²) >= 11 is 13.1. The summed E-state index contributed by atoms with van der Waals surface area (Å²) in [5.74, 6) is 0.332. The number of nitriles is 1. The average molecular weight is 489 g/mol. The Hall–Kier alpha value is -3.92. The number of hydrogen-bond acceptors (Lipinski definition) is 5. The molecule has 0 amide bonds. The number of ether oxygens (including phenoxy) is 2. The second-order valence-electron chi connectivity index (χ2n) is 7.68. The van der Waals surface area contributed by atoms with Crippen LogP contribution in [0, 0.1) is 11.3 Å². The molecule has 0 fully saturated rings. The van der Waals surface area contributed by atoms with Crippen molar-refractivity contribution in [3.8, 4) is 29.0 Å². The zero-order valence-electron chi connectivity index (χ0n) is 17.8. The van der Waals surface area contributed by atoms with Gasteiger partial charge >= 0.3 is 0 Å². The molecule has 5 rings (SSSR count). The maximum atomic E-state index is 9.89. The second kappa shape index (κ2) is 9.14. The number of fused-ring (bicyclic) bond motifs is 1. The number of benzene rings is 3. The van der Waals surface area contributed by atoms with Crippen LogP contribution in [0.3, 0.4) is 0 Å². The first-order valence-electron chi connectivity index (χ1n) is 10.4. The normalized spacial score (nSPS) is 14.8. The Morgan fingerprint density at radius 1 is 0.971 bits per heavy atom. The number of nitrogens with two attached hydrogens (primary N) is 1. The molecule has 0 spiro atoms. The molecule has 8 heteroatoms. The first-order valence-corrected chi connectivity index (χ1v) is 11.2. The van der Waals surface area contributed by atoms with Crippen molar-refractivity contribution in [3.05, 3.63) is 111 Å². The van der Waals surface area contributed by atoms with E-state index in [0.29, 0.717) is 33.5 Å². The van der Waals surface area contributed by atoms with Gasteiger partial charge in [0.15, 0.2) is 0 Å². The molecular formula is C26H18Cl2N4O2. The van der Waals surface area contributed by atoms with E-state index in [0.717, 1.165) is 16.9 Å². The van der Waals surface area contributed by atoms with E-state index < -0.39 is 5.92 Å². The Labute approximate surface area is 206 Å². The molecule has 2 heterocycles. The summed E-state index contributed by atoms with van der Waals surface area (Å²) in [6.45, 7) is 0.468. The summed E-state index contributed by atoms with van der Waals surface area (Å²) in [6, 6.07) is 24.9. The molecule has 0 bridgehead atoms. The van der Waals surface area contributed by atoms with Crippen LogP contribution in [0.5, 0.6) is 11.6 Å². The summed E-state index contributed by atoms with van der Waals surface area (Å²) in [7, 11) is 0. The molecule has 3 aromatic carbocycles. The van der Waals surface area contributed by atoms with Gasteiger partial charge in [0, 0.05) is 21.2 Å². The third-order valence-corrected chi connectivity index (χ3v) is 6.28. The molecule has 1 atom stereocenters. The molecule has 0 radical (unpaired) electrons. The van der Waals surface area contributed by atoms with Crippen molar-refractivity contribution in [1.82, 2.24) is 10.2 Å². The molecule has 0 saturated heterocycles. The first-order chi connectivity index (χ1) is 16.6. The maximum absolute atomic E-state index is 9.89. The van der Waals surface area contributed by atoms with Gasteiger partial charge in [0.25, 0.3) is 0 Å². The van der Waals surface area contributed by atoms with Crippen molar-refractivity contribution < 1.29 is 9.47 Å². The number of nitrogens with zero attached hydrogens (tertiary/aromatic N) is 2. The lowest BCUT2D eigenvalue weighted by molar-refractivity contribution is 0.306. The van der Waals surface area contributed by atoms with Crippen molar-refractivity contribution >= 4 is 23.2 Å². The Balaban J connectivity index is 1.52. The van der Waals surface area contributed by atoms with E-state index in [9.17, 15) is 5.26 Å². The van der Waals surface area contributed by atoms with E-state index in [1.807, 2.05) is 54.6 Å². The molecule has 0 unspecified atom stereocenters. The van der Waals surface area contributed by atoms with E-state index in [4.69, 9.17) is 38.4 Å². The number of aromatic amines is 1. The van der Waals surface area contributed by atoms with Gasteiger partial charge in [-0.05, 0) is 42.0 Å². The van der Waals surface area contributed by atoms with Gasteiger partial charge in [-0.1, -0.05) is 59.6 Å². The highest BCUT2D eigenvalue weighted by atomic mass is 35.5. The average Bonchev–Trinajstić information content (AvgIpc) is 3.27. The Bertz CT molecular complexity index is 1400. The fourth-order valence-corrected chi connectivity index (χ4v) is 4.61. The quantitative estimate of drug-likeness (QED) is 0.349. The molecule has 3 N–H and O–H groups in total. The van der Waals surface area contributed by atoms with Crippen molar-refractivity contribution in [3.63, 3.8) is 0 Å². The molecule has 1 aromatic heterocycles. The van der Waals surface area contributed by atoms with Crippen LogP contribution >= 0.6 is 23.2 Å². The lowest BCUT2D eigenvalue weighted by atomic mass is 9.83. The van der Waals surface area contributed by atoms with Crippen molar-refractivity contribution in [1.29, 1.82) is 5.26 Å². The Morgan fingerprint density at radius 2 is 1.68 bits per heavy atom. The standard InChI is InChI=1S/C26H18Cl2N4O2/c27-19-7-4-8-20(28)22(19)21-18(13-29)25(30)34-26-23(21)24(31-32-26)16-9-11-17(12-10-16)33-14-15-5-2-1-3-6-15/h1-12,21H,14,30H2,(H,31,32)/t21-/m0/s1. The third-order valence-electron chi connectivity index (χ3n) is 5.62. The molecule has 4 aromatic rings. The van der Waals surface area contributed by atoms with Crippen LogP contribution in [0.2, 0.25) is 10.0 Å². The highest BCUT2D eigenvalue weighted by Crippen LogP contribution is 2.49. The largest absolute Gasteiger partial charge is 0.489 e. The van der Waals surface area contributed by atoms with Crippen LogP contribution in [0.1, 0.15) is 22.6 Å². The summed E-state index contributed by atoms with van der Waals surface area (Å²) < 4.78 is 11.6. The number of aromatic nitrogens is 2. The van der Waals surface area contributed by atoms with E-state index in [2.05, 4.69) is 16.3 Å². The molecule has 168 valence electrons. The zero-order valence-corrected chi connectivity index (χ0v) is 19.3.